The number of aromatic nitrogens is 3. The Kier molecular flexibility index (Phi) is 5.56. The molecule has 2 heterocycles. The number of ether oxygens (including phenoxy) is 1. The van der Waals surface area contributed by atoms with E-state index in [4.69, 9.17) is 16.3 Å². The fourth-order valence-electron chi connectivity index (χ4n) is 2.44. The molecule has 0 aliphatic rings. The Morgan fingerprint density at radius 3 is 2.67 bits per heavy atom. The van der Waals surface area contributed by atoms with E-state index in [1.807, 2.05) is 19.1 Å². The first-order valence-electron chi connectivity index (χ1n) is 8.11. The maximum Gasteiger partial charge on any atom is 0.287 e. The molecule has 0 unspecified atom stereocenters. The predicted molar refractivity (Wildman–Crippen MR) is 100 cm³/mol. The Bertz CT molecular complexity index is 959. The van der Waals surface area contributed by atoms with Gasteiger partial charge in [-0.3, -0.25) is 20.3 Å². The van der Waals surface area contributed by atoms with Crippen molar-refractivity contribution in [2.24, 2.45) is 0 Å². The van der Waals surface area contributed by atoms with E-state index in [0.29, 0.717) is 23.0 Å². The van der Waals surface area contributed by atoms with Gasteiger partial charge in [0.05, 0.1) is 24.7 Å². The number of nitrogens with one attached hydrogen (secondary N) is 2. The van der Waals surface area contributed by atoms with Crippen molar-refractivity contribution in [2.45, 2.75) is 13.5 Å². The van der Waals surface area contributed by atoms with Crippen LogP contribution in [0.2, 0.25) is 5.02 Å². The van der Waals surface area contributed by atoms with Crippen LogP contribution in [-0.4, -0.2) is 27.8 Å². The minimum atomic E-state index is -0.639. The number of hydrogen-bond acceptors (Lipinski definition) is 5. The summed E-state index contributed by atoms with van der Waals surface area (Å²) < 4.78 is 20.0. The molecule has 0 aliphatic carbocycles. The third kappa shape index (κ3) is 4.17. The summed E-state index contributed by atoms with van der Waals surface area (Å²) in [5.41, 5.74) is 7.27. The molecule has 7 nitrogen and oxygen atoms in total. The molecule has 0 spiro atoms. The average Bonchev–Trinajstić information content (AvgIpc) is 3.11. The van der Waals surface area contributed by atoms with Crippen LogP contribution in [0.4, 0.5) is 10.1 Å². The van der Waals surface area contributed by atoms with Crippen molar-refractivity contribution in [3.63, 3.8) is 0 Å². The summed E-state index contributed by atoms with van der Waals surface area (Å²) in [5, 5.41) is 5.06. The molecule has 0 fully saturated rings. The molecule has 0 atom stereocenters. The monoisotopic (exact) mass is 389 g/mol. The number of carbonyl (C=O) groups excluding carboxylic acids is 1. The van der Waals surface area contributed by atoms with Crippen molar-refractivity contribution in [3.8, 4) is 17.1 Å². The fourth-order valence-corrected chi connectivity index (χ4v) is 2.57. The lowest BCUT2D eigenvalue weighted by molar-refractivity contribution is 0.0952. The Labute approximate surface area is 160 Å². The van der Waals surface area contributed by atoms with Crippen molar-refractivity contribution in [1.29, 1.82) is 0 Å². The van der Waals surface area contributed by atoms with E-state index in [-0.39, 0.29) is 11.6 Å². The molecular formula is C18H17ClFN5O2. The second kappa shape index (κ2) is 8.05. The van der Waals surface area contributed by atoms with Crippen LogP contribution in [0.15, 0.2) is 42.6 Å². The molecule has 2 aromatic heterocycles. The zero-order valence-electron chi connectivity index (χ0n) is 14.7. The first kappa shape index (κ1) is 18.7. The molecule has 0 radical (unpaired) electrons. The van der Waals surface area contributed by atoms with Crippen molar-refractivity contribution >= 4 is 23.2 Å². The van der Waals surface area contributed by atoms with Crippen LogP contribution >= 0.6 is 11.6 Å². The lowest BCUT2D eigenvalue weighted by Crippen LogP contribution is -2.31. The number of aryl methyl sites for hydroxylation is 1. The normalized spacial score (nSPS) is 10.5. The number of hydrazine groups is 1. The number of benzene rings is 1. The van der Waals surface area contributed by atoms with Crippen LogP contribution in [0.1, 0.15) is 17.4 Å². The van der Waals surface area contributed by atoms with Gasteiger partial charge in [0.2, 0.25) is 5.88 Å². The number of pyridine rings is 1. The van der Waals surface area contributed by atoms with Gasteiger partial charge in [-0.25, -0.2) is 9.37 Å². The van der Waals surface area contributed by atoms with E-state index in [1.54, 1.807) is 22.9 Å². The summed E-state index contributed by atoms with van der Waals surface area (Å²) in [6.07, 6.45) is 1.35. The molecule has 3 rings (SSSR count). The van der Waals surface area contributed by atoms with E-state index >= 15 is 0 Å². The number of halogens is 2. The minimum absolute atomic E-state index is 0.122. The molecule has 9 heteroatoms. The van der Waals surface area contributed by atoms with Crippen LogP contribution in [-0.2, 0) is 6.54 Å². The van der Waals surface area contributed by atoms with Gasteiger partial charge in [-0.05, 0) is 25.1 Å². The number of hydrogen-bond donors (Lipinski definition) is 2. The molecule has 0 saturated carbocycles. The quantitative estimate of drug-likeness (QED) is 0.630. The number of anilines is 1. The van der Waals surface area contributed by atoms with Crippen molar-refractivity contribution in [2.75, 3.05) is 12.5 Å². The van der Waals surface area contributed by atoms with E-state index in [2.05, 4.69) is 20.9 Å². The maximum atomic E-state index is 13.7. The number of carbonyl (C=O) groups is 1. The van der Waals surface area contributed by atoms with Crippen molar-refractivity contribution in [1.82, 2.24) is 20.2 Å². The molecule has 140 valence electrons. The number of nitrogens with zero attached hydrogens (tertiary/aromatic N) is 3. The first-order chi connectivity index (χ1) is 13.0. The third-order valence-electron chi connectivity index (χ3n) is 3.77. The number of amides is 1. The summed E-state index contributed by atoms with van der Waals surface area (Å²) in [5.74, 6) is -1.18. The highest BCUT2D eigenvalue weighted by atomic mass is 35.5. The van der Waals surface area contributed by atoms with Crippen LogP contribution in [0.3, 0.4) is 0 Å². The van der Waals surface area contributed by atoms with Crippen LogP contribution in [0.5, 0.6) is 5.88 Å². The first-order valence-corrected chi connectivity index (χ1v) is 8.49. The van der Waals surface area contributed by atoms with Crippen LogP contribution in [0.25, 0.3) is 11.3 Å². The molecule has 0 aliphatic heterocycles. The van der Waals surface area contributed by atoms with Crippen LogP contribution < -0.4 is 15.6 Å². The molecule has 1 aromatic carbocycles. The molecule has 3 aromatic rings. The van der Waals surface area contributed by atoms with Gasteiger partial charge in [0.15, 0.2) is 5.82 Å². The maximum absolute atomic E-state index is 13.7. The largest absolute Gasteiger partial charge is 0.479 e. The molecule has 0 bridgehead atoms. The highest BCUT2D eigenvalue weighted by molar-refractivity contribution is 6.30. The summed E-state index contributed by atoms with van der Waals surface area (Å²) >= 11 is 5.91. The molecule has 1 amide bonds. The third-order valence-corrected chi connectivity index (χ3v) is 4.03. The highest BCUT2D eigenvalue weighted by Crippen LogP contribution is 2.22. The second-order valence-corrected chi connectivity index (χ2v) is 5.97. The van der Waals surface area contributed by atoms with Crippen molar-refractivity contribution in [3.05, 3.63) is 59.1 Å². The lowest BCUT2D eigenvalue weighted by Gasteiger charge is -2.09. The van der Waals surface area contributed by atoms with Crippen LogP contribution in [0, 0.1) is 5.82 Å². The van der Waals surface area contributed by atoms with Gasteiger partial charge in [0, 0.05) is 23.2 Å². The zero-order valence-corrected chi connectivity index (χ0v) is 15.4. The number of methoxy groups -OCH3 is 1. The Morgan fingerprint density at radius 1 is 1.30 bits per heavy atom. The average molecular weight is 390 g/mol. The zero-order chi connectivity index (χ0) is 19.4. The van der Waals surface area contributed by atoms with Gasteiger partial charge in [0.1, 0.15) is 5.69 Å². The lowest BCUT2D eigenvalue weighted by atomic mass is 10.1. The van der Waals surface area contributed by atoms with Gasteiger partial charge in [-0.2, -0.15) is 5.10 Å². The van der Waals surface area contributed by atoms with E-state index in [9.17, 15) is 9.18 Å². The van der Waals surface area contributed by atoms with Gasteiger partial charge < -0.3 is 4.74 Å². The highest BCUT2D eigenvalue weighted by Gasteiger charge is 2.16. The Balaban J connectivity index is 1.76. The predicted octanol–water partition coefficient (Wildman–Crippen LogP) is 3.52. The topological polar surface area (TPSA) is 81.1 Å². The summed E-state index contributed by atoms with van der Waals surface area (Å²) in [6.45, 7) is 2.39. The van der Waals surface area contributed by atoms with E-state index < -0.39 is 11.7 Å². The molecule has 2 N–H and O–H groups in total. The number of rotatable bonds is 6. The molecular weight excluding hydrogens is 373 g/mol. The van der Waals surface area contributed by atoms with Gasteiger partial charge in [-0.15, -0.1) is 0 Å². The van der Waals surface area contributed by atoms with Crippen molar-refractivity contribution < 1.29 is 13.9 Å². The van der Waals surface area contributed by atoms with E-state index in [0.717, 1.165) is 5.56 Å². The van der Waals surface area contributed by atoms with E-state index in [1.165, 1.54) is 19.4 Å². The second-order valence-electron chi connectivity index (χ2n) is 5.53. The fraction of sp³-hybridized carbons (Fsp3) is 0.167. The minimum Gasteiger partial charge on any atom is -0.479 e. The summed E-state index contributed by atoms with van der Waals surface area (Å²) in [6, 6.07) is 10.0. The van der Waals surface area contributed by atoms with Gasteiger partial charge >= 0.3 is 0 Å². The molecule has 27 heavy (non-hydrogen) atoms. The van der Waals surface area contributed by atoms with Gasteiger partial charge in [0.25, 0.3) is 5.91 Å². The smallest absolute Gasteiger partial charge is 0.287 e. The Hall–Kier alpha value is -3.13. The summed E-state index contributed by atoms with van der Waals surface area (Å²) in [4.78, 5) is 16.3. The SMILES string of the molecule is CCn1nc(-c2ccc(Cl)cc2)cc1C(=O)NNc1cnc(OC)c(F)c1. The Morgan fingerprint density at radius 2 is 2.04 bits per heavy atom. The standard InChI is InChI=1S/C18H17ClFN5O2/c1-3-25-16(9-15(24-25)11-4-6-12(19)7-5-11)17(26)23-22-13-8-14(20)18(27-2)21-10-13/h4-10,22H,3H2,1-2H3,(H,23,26). The summed E-state index contributed by atoms with van der Waals surface area (Å²) in [7, 11) is 1.32. The molecule has 0 saturated heterocycles. The van der Waals surface area contributed by atoms with Gasteiger partial charge in [-0.1, -0.05) is 23.7 Å².